The van der Waals surface area contributed by atoms with Crippen LogP contribution in [0.1, 0.15) is 31.8 Å². The molecule has 0 spiro atoms. The molecule has 0 N–H and O–H groups in total. The van der Waals surface area contributed by atoms with Gasteiger partial charge in [-0.1, -0.05) is 36.4 Å². The van der Waals surface area contributed by atoms with Crippen LogP contribution in [0, 0.1) is 6.92 Å². The summed E-state index contributed by atoms with van der Waals surface area (Å²) in [5.41, 5.74) is 3.50. The van der Waals surface area contributed by atoms with Gasteiger partial charge in [-0.25, -0.2) is 4.79 Å². The predicted octanol–water partition coefficient (Wildman–Crippen LogP) is 5.32. The number of rotatable bonds is 3. The second-order valence-corrected chi connectivity index (χ2v) is 7.47. The molecule has 0 fully saturated rings. The van der Waals surface area contributed by atoms with Crippen molar-refractivity contribution in [3.63, 3.8) is 0 Å². The highest BCUT2D eigenvalue weighted by atomic mass is 16.5. The van der Waals surface area contributed by atoms with Crippen molar-refractivity contribution in [2.75, 3.05) is 0 Å². The number of esters is 1. The Morgan fingerprint density at radius 2 is 1.74 bits per heavy atom. The van der Waals surface area contributed by atoms with Crippen molar-refractivity contribution in [1.82, 2.24) is 4.57 Å². The van der Waals surface area contributed by atoms with Gasteiger partial charge in [-0.05, 0) is 43.3 Å². The molecule has 0 amide bonds. The minimum absolute atomic E-state index is 0.188. The summed E-state index contributed by atoms with van der Waals surface area (Å²) < 4.78 is 13.5. The number of hydrogen-bond donors (Lipinski definition) is 0. The standard InChI is InChI=1S/C26H19NO4/c1-16-22(31-26(29)17-8-4-3-5-9-17)13-12-20-24(28)23(30-25(16)20)14-18-15-27(2)21-11-7-6-10-19(18)21/h3-15H,1-2H3. The van der Waals surface area contributed by atoms with E-state index in [1.165, 1.54) is 0 Å². The number of ketones is 1. The Hall–Kier alpha value is -4.12. The van der Waals surface area contributed by atoms with E-state index in [1.54, 1.807) is 49.4 Å². The molecule has 0 atom stereocenters. The van der Waals surface area contributed by atoms with Crippen LogP contribution >= 0.6 is 0 Å². The normalized spacial score (nSPS) is 14.0. The lowest BCUT2D eigenvalue weighted by Gasteiger charge is -2.10. The van der Waals surface area contributed by atoms with Crippen molar-refractivity contribution in [1.29, 1.82) is 0 Å². The number of Topliss-reactive ketones (excluding diaryl/α,β-unsaturated/α-hetero) is 1. The number of hydrogen-bond acceptors (Lipinski definition) is 4. The number of benzene rings is 3. The second kappa shape index (κ2) is 7.29. The average Bonchev–Trinajstić information content (AvgIpc) is 3.28. The molecule has 0 saturated carbocycles. The fourth-order valence-electron chi connectivity index (χ4n) is 3.84. The van der Waals surface area contributed by atoms with Crippen molar-refractivity contribution in [3.05, 3.63) is 101 Å². The van der Waals surface area contributed by atoms with Gasteiger partial charge in [-0.15, -0.1) is 0 Å². The molecule has 1 aromatic heterocycles. The Bertz CT molecular complexity index is 1380. The molecule has 1 aliphatic rings. The molecule has 152 valence electrons. The van der Waals surface area contributed by atoms with Gasteiger partial charge in [0.1, 0.15) is 11.5 Å². The van der Waals surface area contributed by atoms with E-state index in [-0.39, 0.29) is 11.5 Å². The fraction of sp³-hybridized carbons (Fsp3) is 0.0769. The smallest absolute Gasteiger partial charge is 0.343 e. The maximum absolute atomic E-state index is 12.9. The van der Waals surface area contributed by atoms with Crippen LogP contribution in [0.2, 0.25) is 0 Å². The quantitative estimate of drug-likeness (QED) is 0.261. The van der Waals surface area contributed by atoms with E-state index in [1.807, 2.05) is 48.1 Å². The highest BCUT2D eigenvalue weighted by Crippen LogP contribution is 2.40. The molecule has 1 aliphatic heterocycles. The molecule has 5 heteroatoms. The third kappa shape index (κ3) is 3.20. The van der Waals surface area contributed by atoms with Gasteiger partial charge in [0.15, 0.2) is 5.76 Å². The maximum Gasteiger partial charge on any atom is 0.343 e. The number of allylic oxidation sites excluding steroid dienone is 1. The zero-order valence-corrected chi connectivity index (χ0v) is 17.1. The van der Waals surface area contributed by atoms with Gasteiger partial charge in [0.2, 0.25) is 5.78 Å². The third-order valence-corrected chi connectivity index (χ3v) is 5.46. The van der Waals surface area contributed by atoms with Gasteiger partial charge in [-0.3, -0.25) is 4.79 Å². The topological polar surface area (TPSA) is 57.5 Å². The summed E-state index contributed by atoms with van der Waals surface area (Å²) in [6, 6.07) is 20.0. The molecule has 31 heavy (non-hydrogen) atoms. The number of carbonyl (C=O) groups is 2. The fourth-order valence-corrected chi connectivity index (χ4v) is 3.84. The zero-order chi connectivity index (χ0) is 21.5. The number of ether oxygens (including phenoxy) is 2. The van der Waals surface area contributed by atoms with E-state index >= 15 is 0 Å². The molecule has 5 rings (SSSR count). The first-order valence-electron chi connectivity index (χ1n) is 9.92. The Kier molecular flexibility index (Phi) is 4.44. The lowest BCUT2D eigenvalue weighted by molar-refractivity contribution is 0.0733. The number of nitrogens with zero attached hydrogens (tertiary/aromatic N) is 1. The lowest BCUT2D eigenvalue weighted by Crippen LogP contribution is -2.09. The van der Waals surface area contributed by atoms with Gasteiger partial charge < -0.3 is 14.0 Å². The molecule has 0 unspecified atom stereocenters. The SMILES string of the molecule is Cc1c(OC(=O)c2ccccc2)ccc2c1OC(=Cc1cn(C)c3ccccc13)C2=O. The maximum atomic E-state index is 12.9. The Labute approximate surface area is 179 Å². The largest absolute Gasteiger partial charge is 0.452 e. The number of carbonyl (C=O) groups excluding carboxylic acids is 2. The van der Waals surface area contributed by atoms with Crippen molar-refractivity contribution in [2.45, 2.75) is 6.92 Å². The van der Waals surface area contributed by atoms with Gasteiger partial charge in [-0.2, -0.15) is 0 Å². The second-order valence-electron chi connectivity index (χ2n) is 7.47. The monoisotopic (exact) mass is 409 g/mol. The molecule has 5 nitrogen and oxygen atoms in total. The van der Waals surface area contributed by atoms with Crippen LogP contribution in [-0.4, -0.2) is 16.3 Å². The lowest BCUT2D eigenvalue weighted by atomic mass is 10.1. The number of para-hydroxylation sites is 1. The van der Waals surface area contributed by atoms with E-state index in [0.717, 1.165) is 16.5 Å². The summed E-state index contributed by atoms with van der Waals surface area (Å²) in [5, 5.41) is 1.04. The van der Waals surface area contributed by atoms with E-state index < -0.39 is 5.97 Å². The van der Waals surface area contributed by atoms with Crippen LogP contribution in [0.3, 0.4) is 0 Å². The van der Waals surface area contributed by atoms with Crippen LogP contribution in [0.5, 0.6) is 11.5 Å². The molecule has 2 heterocycles. The molecule has 4 aromatic rings. The summed E-state index contributed by atoms with van der Waals surface area (Å²) in [6.07, 6.45) is 3.73. The minimum atomic E-state index is -0.459. The molecule has 3 aromatic carbocycles. The minimum Gasteiger partial charge on any atom is -0.452 e. The Balaban J connectivity index is 1.48. The average molecular weight is 409 g/mol. The molecule has 0 aliphatic carbocycles. The summed E-state index contributed by atoms with van der Waals surface area (Å²) in [4.78, 5) is 25.4. The van der Waals surface area contributed by atoms with Gasteiger partial charge in [0.25, 0.3) is 0 Å². The van der Waals surface area contributed by atoms with Gasteiger partial charge in [0.05, 0.1) is 11.1 Å². The number of aromatic nitrogens is 1. The van der Waals surface area contributed by atoms with E-state index in [0.29, 0.717) is 28.2 Å². The van der Waals surface area contributed by atoms with Crippen molar-refractivity contribution in [2.24, 2.45) is 7.05 Å². The van der Waals surface area contributed by atoms with Crippen molar-refractivity contribution >= 4 is 28.7 Å². The van der Waals surface area contributed by atoms with Crippen molar-refractivity contribution in [3.8, 4) is 11.5 Å². The van der Waals surface area contributed by atoms with Crippen molar-refractivity contribution < 1.29 is 19.1 Å². The Morgan fingerprint density at radius 3 is 2.55 bits per heavy atom. The summed E-state index contributed by atoms with van der Waals surface area (Å²) in [5.74, 6) is 0.397. The van der Waals surface area contributed by atoms with E-state index in [2.05, 4.69) is 0 Å². The molecular weight excluding hydrogens is 390 g/mol. The van der Waals surface area contributed by atoms with Gasteiger partial charge >= 0.3 is 5.97 Å². The third-order valence-electron chi connectivity index (χ3n) is 5.46. The van der Waals surface area contributed by atoms with Crippen LogP contribution in [0.4, 0.5) is 0 Å². The zero-order valence-electron chi connectivity index (χ0n) is 17.1. The van der Waals surface area contributed by atoms with Crippen LogP contribution in [0.25, 0.3) is 17.0 Å². The van der Waals surface area contributed by atoms with Crippen LogP contribution in [-0.2, 0) is 7.05 Å². The molecular formula is C26H19NO4. The molecule has 0 radical (unpaired) electrons. The summed E-state index contributed by atoms with van der Waals surface area (Å²) in [7, 11) is 1.97. The first-order valence-corrected chi connectivity index (χ1v) is 9.92. The van der Waals surface area contributed by atoms with Crippen LogP contribution < -0.4 is 9.47 Å². The van der Waals surface area contributed by atoms with E-state index in [4.69, 9.17) is 9.47 Å². The molecule has 0 bridgehead atoms. The predicted molar refractivity (Wildman–Crippen MR) is 118 cm³/mol. The Morgan fingerprint density at radius 1 is 1.00 bits per heavy atom. The first kappa shape index (κ1) is 18.9. The summed E-state index contributed by atoms with van der Waals surface area (Å²) in [6.45, 7) is 1.78. The number of fused-ring (bicyclic) bond motifs is 2. The molecule has 0 saturated heterocycles. The first-order chi connectivity index (χ1) is 15.0. The van der Waals surface area contributed by atoms with Gasteiger partial charge in [0, 0.05) is 35.3 Å². The highest BCUT2D eigenvalue weighted by Gasteiger charge is 2.31. The highest BCUT2D eigenvalue weighted by molar-refractivity contribution is 6.15. The van der Waals surface area contributed by atoms with Crippen LogP contribution in [0.15, 0.2) is 78.7 Å². The van der Waals surface area contributed by atoms with E-state index in [9.17, 15) is 9.59 Å². The summed E-state index contributed by atoms with van der Waals surface area (Å²) >= 11 is 0. The number of aryl methyl sites for hydroxylation is 1.